The summed E-state index contributed by atoms with van der Waals surface area (Å²) in [7, 11) is 0. The van der Waals surface area contributed by atoms with Crippen LogP contribution in [0.2, 0.25) is 0 Å². The molecule has 0 fully saturated rings. The Balaban J connectivity index is 1.60. The summed E-state index contributed by atoms with van der Waals surface area (Å²) in [5, 5.41) is 3.43. The van der Waals surface area contributed by atoms with Crippen LogP contribution >= 0.6 is 11.3 Å². The first-order valence-corrected chi connectivity index (χ1v) is 8.26. The molecule has 2 aromatic carbocycles. The quantitative estimate of drug-likeness (QED) is 0.781. The highest BCUT2D eigenvalue weighted by Gasteiger charge is 2.17. The van der Waals surface area contributed by atoms with Crippen molar-refractivity contribution in [3.63, 3.8) is 0 Å². The number of fused-ring (bicyclic) bond motifs is 1. The van der Waals surface area contributed by atoms with Gasteiger partial charge in [-0.15, -0.1) is 11.3 Å². The number of amides is 1. The van der Waals surface area contributed by atoms with Crippen molar-refractivity contribution >= 4 is 22.4 Å². The number of anilines is 1. The summed E-state index contributed by atoms with van der Waals surface area (Å²) < 4.78 is 10.7. The molecule has 0 unspecified atom stereocenters. The van der Waals surface area contributed by atoms with Gasteiger partial charge in [-0.2, -0.15) is 0 Å². The summed E-state index contributed by atoms with van der Waals surface area (Å²) in [5.41, 5.74) is 2.38. The molecule has 6 heteroatoms. The number of benzene rings is 2. The Morgan fingerprint density at radius 3 is 2.75 bits per heavy atom. The monoisotopic (exact) mass is 338 g/mol. The molecule has 3 aromatic rings. The predicted molar refractivity (Wildman–Crippen MR) is 92.8 cm³/mol. The third-order valence-corrected chi connectivity index (χ3v) is 4.59. The molecule has 24 heavy (non-hydrogen) atoms. The minimum absolute atomic E-state index is 0.165. The van der Waals surface area contributed by atoms with Gasteiger partial charge in [0.05, 0.1) is 5.69 Å². The van der Waals surface area contributed by atoms with Crippen LogP contribution in [0.1, 0.15) is 15.2 Å². The first kappa shape index (κ1) is 14.7. The molecule has 0 radical (unpaired) electrons. The van der Waals surface area contributed by atoms with Crippen molar-refractivity contribution in [2.45, 2.75) is 6.92 Å². The highest BCUT2D eigenvalue weighted by Crippen LogP contribution is 2.38. The Bertz CT molecular complexity index is 906. The summed E-state index contributed by atoms with van der Waals surface area (Å²) >= 11 is 1.45. The molecule has 1 amide bonds. The van der Waals surface area contributed by atoms with E-state index < -0.39 is 0 Å². The maximum absolute atomic E-state index is 12.2. The van der Waals surface area contributed by atoms with Crippen molar-refractivity contribution in [2.75, 3.05) is 12.1 Å². The SMILES string of the molecule is Cc1sc(NC(=O)c2ccccc2)nc1-c1ccc2c(c1)OCO2. The minimum Gasteiger partial charge on any atom is -0.454 e. The zero-order valence-electron chi connectivity index (χ0n) is 12.9. The molecule has 0 atom stereocenters. The van der Waals surface area contributed by atoms with Gasteiger partial charge in [0, 0.05) is 16.0 Å². The van der Waals surface area contributed by atoms with Gasteiger partial charge in [0.25, 0.3) is 5.91 Å². The van der Waals surface area contributed by atoms with E-state index in [1.54, 1.807) is 12.1 Å². The number of aromatic nitrogens is 1. The van der Waals surface area contributed by atoms with Gasteiger partial charge in [0.15, 0.2) is 16.6 Å². The molecular weight excluding hydrogens is 324 g/mol. The van der Waals surface area contributed by atoms with Crippen molar-refractivity contribution in [2.24, 2.45) is 0 Å². The standard InChI is InChI=1S/C18H14N2O3S/c1-11-16(13-7-8-14-15(9-13)23-10-22-14)19-18(24-11)20-17(21)12-5-3-2-4-6-12/h2-9H,10H2,1H3,(H,19,20,21). The van der Waals surface area contributed by atoms with Crippen molar-refractivity contribution < 1.29 is 14.3 Å². The van der Waals surface area contributed by atoms with Crippen LogP contribution in [0.4, 0.5) is 5.13 Å². The van der Waals surface area contributed by atoms with Gasteiger partial charge in [-0.05, 0) is 37.3 Å². The van der Waals surface area contributed by atoms with Crippen LogP contribution in [0, 0.1) is 6.92 Å². The predicted octanol–water partition coefficient (Wildman–Crippen LogP) is 4.10. The highest BCUT2D eigenvalue weighted by molar-refractivity contribution is 7.16. The van der Waals surface area contributed by atoms with Crippen molar-refractivity contribution in [1.82, 2.24) is 4.98 Å². The fourth-order valence-corrected chi connectivity index (χ4v) is 3.35. The van der Waals surface area contributed by atoms with Gasteiger partial charge >= 0.3 is 0 Å². The summed E-state index contributed by atoms with van der Waals surface area (Å²) in [4.78, 5) is 17.8. The van der Waals surface area contributed by atoms with E-state index in [1.165, 1.54) is 11.3 Å². The Morgan fingerprint density at radius 1 is 1.12 bits per heavy atom. The lowest BCUT2D eigenvalue weighted by Gasteiger charge is -2.02. The number of thiazole rings is 1. The minimum atomic E-state index is -0.165. The Kier molecular flexibility index (Phi) is 3.66. The van der Waals surface area contributed by atoms with E-state index in [0.717, 1.165) is 27.6 Å². The number of hydrogen-bond donors (Lipinski definition) is 1. The smallest absolute Gasteiger partial charge is 0.257 e. The molecule has 1 N–H and O–H groups in total. The lowest BCUT2D eigenvalue weighted by molar-refractivity contribution is 0.102. The Morgan fingerprint density at radius 2 is 1.92 bits per heavy atom. The Labute approximate surface area is 142 Å². The summed E-state index contributed by atoms with van der Waals surface area (Å²) in [6, 6.07) is 14.8. The third kappa shape index (κ3) is 2.72. The zero-order chi connectivity index (χ0) is 16.5. The molecule has 1 aliphatic heterocycles. The molecule has 0 spiro atoms. The second-order valence-electron chi connectivity index (χ2n) is 5.31. The Hall–Kier alpha value is -2.86. The third-order valence-electron chi connectivity index (χ3n) is 3.70. The van der Waals surface area contributed by atoms with Crippen LogP contribution in [0.5, 0.6) is 11.5 Å². The fourth-order valence-electron chi connectivity index (χ4n) is 2.52. The number of hydrogen-bond acceptors (Lipinski definition) is 5. The molecule has 1 aliphatic rings. The van der Waals surface area contributed by atoms with E-state index >= 15 is 0 Å². The van der Waals surface area contributed by atoms with Crippen LogP contribution in [0.15, 0.2) is 48.5 Å². The van der Waals surface area contributed by atoms with Gasteiger partial charge in [0.2, 0.25) is 6.79 Å². The first-order chi connectivity index (χ1) is 11.7. The summed E-state index contributed by atoms with van der Waals surface area (Å²) in [5.74, 6) is 1.29. The van der Waals surface area contributed by atoms with Gasteiger partial charge < -0.3 is 9.47 Å². The van der Waals surface area contributed by atoms with E-state index in [4.69, 9.17) is 9.47 Å². The number of nitrogens with zero attached hydrogens (tertiary/aromatic N) is 1. The van der Waals surface area contributed by atoms with Crippen LogP contribution in [0.25, 0.3) is 11.3 Å². The maximum Gasteiger partial charge on any atom is 0.257 e. The molecule has 2 heterocycles. The normalized spacial score (nSPS) is 12.2. The first-order valence-electron chi connectivity index (χ1n) is 7.44. The van der Waals surface area contributed by atoms with Gasteiger partial charge in [0.1, 0.15) is 0 Å². The van der Waals surface area contributed by atoms with Crippen LogP contribution in [-0.4, -0.2) is 17.7 Å². The van der Waals surface area contributed by atoms with Crippen molar-refractivity contribution in [1.29, 1.82) is 0 Å². The second-order valence-corrected chi connectivity index (χ2v) is 6.52. The van der Waals surface area contributed by atoms with E-state index in [0.29, 0.717) is 10.7 Å². The molecule has 5 nitrogen and oxygen atoms in total. The summed E-state index contributed by atoms with van der Waals surface area (Å²) in [6.45, 7) is 2.23. The van der Waals surface area contributed by atoms with Gasteiger partial charge in [-0.25, -0.2) is 4.98 Å². The molecule has 0 bridgehead atoms. The molecule has 1 aromatic heterocycles. The molecule has 4 rings (SSSR count). The fraction of sp³-hybridized carbons (Fsp3) is 0.111. The lowest BCUT2D eigenvalue weighted by Crippen LogP contribution is -2.11. The van der Waals surface area contributed by atoms with Crippen molar-refractivity contribution in [3.05, 3.63) is 59.0 Å². The average Bonchev–Trinajstić information content (AvgIpc) is 3.21. The largest absolute Gasteiger partial charge is 0.454 e. The molecular formula is C18H14N2O3S. The van der Waals surface area contributed by atoms with Crippen molar-refractivity contribution in [3.8, 4) is 22.8 Å². The summed E-state index contributed by atoms with van der Waals surface area (Å²) in [6.07, 6.45) is 0. The molecule has 0 saturated carbocycles. The van der Waals surface area contributed by atoms with Gasteiger partial charge in [-0.1, -0.05) is 18.2 Å². The van der Waals surface area contributed by atoms with Gasteiger partial charge in [-0.3, -0.25) is 10.1 Å². The van der Waals surface area contributed by atoms with Crippen LogP contribution in [-0.2, 0) is 0 Å². The van der Waals surface area contributed by atoms with E-state index in [9.17, 15) is 4.79 Å². The van der Waals surface area contributed by atoms with E-state index in [2.05, 4.69) is 10.3 Å². The number of aryl methyl sites for hydroxylation is 1. The second kappa shape index (κ2) is 5.98. The number of ether oxygens (including phenoxy) is 2. The number of carbonyl (C=O) groups is 1. The number of carbonyl (C=O) groups excluding carboxylic acids is 1. The van der Waals surface area contributed by atoms with Crippen LogP contribution in [0.3, 0.4) is 0 Å². The molecule has 0 aliphatic carbocycles. The van der Waals surface area contributed by atoms with Crippen LogP contribution < -0.4 is 14.8 Å². The maximum atomic E-state index is 12.2. The highest BCUT2D eigenvalue weighted by atomic mass is 32.1. The lowest BCUT2D eigenvalue weighted by atomic mass is 10.1. The molecule has 120 valence electrons. The average molecular weight is 338 g/mol. The topological polar surface area (TPSA) is 60.5 Å². The number of rotatable bonds is 3. The number of nitrogens with one attached hydrogen (secondary N) is 1. The zero-order valence-corrected chi connectivity index (χ0v) is 13.7. The van der Waals surface area contributed by atoms with E-state index in [1.807, 2.05) is 43.3 Å². The van der Waals surface area contributed by atoms with E-state index in [-0.39, 0.29) is 12.7 Å². The molecule has 0 saturated heterocycles.